The van der Waals surface area contributed by atoms with Gasteiger partial charge in [-0.3, -0.25) is 10.1 Å². The Morgan fingerprint density at radius 1 is 1.47 bits per heavy atom. The Hall–Kier alpha value is -1.62. The largest absolute Gasteiger partial charge is 0.484 e. The summed E-state index contributed by atoms with van der Waals surface area (Å²) in [7, 11) is 0. The molecule has 1 unspecified atom stereocenters. The second-order valence-corrected chi connectivity index (χ2v) is 4.53. The molecular weight excluding hydrogens is 222 g/mol. The lowest BCUT2D eigenvalue weighted by Gasteiger charge is -2.27. The summed E-state index contributed by atoms with van der Waals surface area (Å²) < 4.78 is 5.33. The van der Waals surface area contributed by atoms with Crippen LogP contribution in [-0.4, -0.2) is 22.2 Å². The van der Waals surface area contributed by atoms with Gasteiger partial charge in [0.1, 0.15) is 6.61 Å². The second-order valence-electron chi connectivity index (χ2n) is 4.53. The third-order valence-corrected chi connectivity index (χ3v) is 2.83. The van der Waals surface area contributed by atoms with Gasteiger partial charge in [-0.15, -0.1) is 0 Å². The average molecular weight is 239 g/mol. The van der Waals surface area contributed by atoms with Crippen LogP contribution in [0.2, 0.25) is 0 Å². The van der Waals surface area contributed by atoms with E-state index in [0.717, 1.165) is 0 Å². The summed E-state index contributed by atoms with van der Waals surface area (Å²) in [4.78, 5) is 10.2. The summed E-state index contributed by atoms with van der Waals surface area (Å²) in [6.45, 7) is 5.40. The van der Waals surface area contributed by atoms with Crippen LogP contribution in [0, 0.1) is 16.0 Å². The number of nitrogens with zero attached hydrogens (tertiary/aromatic N) is 1. The molecule has 94 valence electrons. The lowest BCUT2D eigenvalue weighted by molar-refractivity contribution is -0.386. The Kier molecular flexibility index (Phi) is 4.07. The number of rotatable bonds is 5. The van der Waals surface area contributed by atoms with Crippen LogP contribution in [0.4, 0.5) is 5.69 Å². The van der Waals surface area contributed by atoms with Gasteiger partial charge in [-0.1, -0.05) is 26.0 Å². The molecule has 1 aromatic rings. The van der Waals surface area contributed by atoms with Crippen LogP contribution in [-0.2, 0) is 0 Å². The minimum absolute atomic E-state index is 0.00488. The van der Waals surface area contributed by atoms with Crippen molar-refractivity contribution in [2.24, 2.45) is 5.92 Å². The van der Waals surface area contributed by atoms with E-state index in [-0.39, 0.29) is 24.0 Å². The lowest BCUT2D eigenvalue weighted by atomic mass is 9.94. The van der Waals surface area contributed by atoms with Crippen molar-refractivity contribution in [2.45, 2.75) is 26.4 Å². The normalized spacial score (nSPS) is 14.4. The van der Waals surface area contributed by atoms with Gasteiger partial charge in [0.15, 0.2) is 5.75 Å². The summed E-state index contributed by atoms with van der Waals surface area (Å²) in [5, 5.41) is 20.7. The van der Waals surface area contributed by atoms with Crippen LogP contribution in [0.5, 0.6) is 5.75 Å². The number of benzene rings is 1. The molecule has 0 aromatic heterocycles. The van der Waals surface area contributed by atoms with Crippen LogP contribution in [0.1, 0.15) is 20.8 Å². The van der Waals surface area contributed by atoms with Crippen LogP contribution in [0.3, 0.4) is 0 Å². The van der Waals surface area contributed by atoms with Gasteiger partial charge in [0, 0.05) is 6.07 Å². The highest BCUT2D eigenvalue weighted by Crippen LogP contribution is 2.27. The Bertz CT molecular complexity index is 401. The van der Waals surface area contributed by atoms with Gasteiger partial charge in [0.2, 0.25) is 0 Å². The molecule has 0 fully saturated rings. The van der Waals surface area contributed by atoms with E-state index in [2.05, 4.69) is 0 Å². The molecule has 0 bridgehead atoms. The highest BCUT2D eigenvalue weighted by atomic mass is 16.6. The Morgan fingerprint density at radius 3 is 2.59 bits per heavy atom. The van der Waals surface area contributed by atoms with E-state index in [0.29, 0.717) is 0 Å². The molecule has 0 amide bonds. The summed E-state index contributed by atoms with van der Waals surface area (Å²) in [6.07, 6.45) is 0. The van der Waals surface area contributed by atoms with Crippen molar-refractivity contribution in [3.63, 3.8) is 0 Å². The smallest absolute Gasteiger partial charge is 0.310 e. The standard InChI is InChI=1S/C12H17NO4/c1-9(2)12(3,14)8-17-11-7-5-4-6-10(11)13(15)16/h4-7,9,14H,8H2,1-3H3. The Balaban J connectivity index is 2.79. The SMILES string of the molecule is CC(C)C(C)(O)COc1ccccc1[N+](=O)[O-]. The zero-order valence-corrected chi connectivity index (χ0v) is 10.2. The van der Waals surface area contributed by atoms with Gasteiger partial charge >= 0.3 is 5.69 Å². The molecule has 1 aromatic carbocycles. The lowest BCUT2D eigenvalue weighted by Crippen LogP contribution is -2.37. The number of hydrogen-bond donors (Lipinski definition) is 1. The van der Waals surface area contributed by atoms with E-state index in [1.807, 2.05) is 13.8 Å². The van der Waals surface area contributed by atoms with Gasteiger partial charge in [-0.05, 0) is 18.9 Å². The zero-order valence-electron chi connectivity index (χ0n) is 10.2. The number of ether oxygens (including phenoxy) is 1. The summed E-state index contributed by atoms with van der Waals surface area (Å²) in [5.41, 5.74) is -1.10. The van der Waals surface area contributed by atoms with Crippen molar-refractivity contribution in [1.82, 2.24) is 0 Å². The number of nitro groups is 1. The Labute approximate surface area is 100 Å². The maximum atomic E-state index is 10.7. The third-order valence-electron chi connectivity index (χ3n) is 2.83. The number of aliphatic hydroxyl groups is 1. The predicted molar refractivity (Wildman–Crippen MR) is 64.1 cm³/mol. The van der Waals surface area contributed by atoms with Gasteiger partial charge in [0.05, 0.1) is 10.5 Å². The van der Waals surface area contributed by atoms with Crippen molar-refractivity contribution >= 4 is 5.69 Å². The zero-order chi connectivity index (χ0) is 13.1. The van der Waals surface area contributed by atoms with Gasteiger partial charge in [0.25, 0.3) is 0 Å². The van der Waals surface area contributed by atoms with Gasteiger partial charge in [-0.25, -0.2) is 0 Å². The monoisotopic (exact) mass is 239 g/mol. The fourth-order valence-electron chi connectivity index (χ4n) is 1.12. The third kappa shape index (κ3) is 3.42. The van der Waals surface area contributed by atoms with E-state index >= 15 is 0 Å². The molecule has 17 heavy (non-hydrogen) atoms. The first-order valence-electron chi connectivity index (χ1n) is 5.43. The number of hydrogen-bond acceptors (Lipinski definition) is 4. The topological polar surface area (TPSA) is 72.6 Å². The van der Waals surface area contributed by atoms with Gasteiger partial charge in [-0.2, -0.15) is 0 Å². The fourth-order valence-corrected chi connectivity index (χ4v) is 1.12. The predicted octanol–water partition coefficient (Wildman–Crippen LogP) is 2.38. The van der Waals surface area contributed by atoms with E-state index in [1.165, 1.54) is 12.1 Å². The summed E-state index contributed by atoms with van der Waals surface area (Å²) in [5.74, 6) is 0.184. The minimum Gasteiger partial charge on any atom is -0.484 e. The fraction of sp³-hybridized carbons (Fsp3) is 0.500. The number of nitro benzene ring substituents is 1. The molecular formula is C12H17NO4. The molecule has 5 nitrogen and oxygen atoms in total. The molecule has 0 saturated carbocycles. The summed E-state index contributed by atoms with van der Waals surface area (Å²) >= 11 is 0. The van der Waals surface area contributed by atoms with Crippen molar-refractivity contribution in [3.05, 3.63) is 34.4 Å². The van der Waals surface area contributed by atoms with Crippen LogP contribution in [0.15, 0.2) is 24.3 Å². The molecule has 0 aliphatic rings. The van der Waals surface area contributed by atoms with E-state index in [4.69, 9.17) is 4.74 Å². The minimum atomic E-state index is -1.01. The molecule has 0 spiro atoms. The van der Waals surface area contributed by atoms with Gasteiger partial charge < -0.3 is 9.84 Å². The molecule has 0 saturated heterocycles. The molecule has 0 aliphatic carbocycles. The molecule has 1 N–H and O–H groups in total. The van der Waals surface area contributed by atoms with E-state index in [9.17, 15) is 15.2 Å². The highest BCUT2D eigenvalue weighted by Gasteiger charge is 2.27. The van der Waals surface area contributed by atoms with Crippen molar-refractivity contribution < 1.29 is 14.8 Å². The van der Waals surface area contributed by atoms with Crippen LogP contribution >= 0.6 is 0 Å². The quantitative estimate of drug-likeness (QED) is 0.632. The first-order valence-corrected chi connectivity index (χ1v) is 5.43. The molecule has 5 heteroatoms. The van der Waals surface area contributed by atoms with Crippen LogP contribution in [0.25, 0.3) is 0 Å². The van der Waals surface area contributed by atoms with Crippen LogP contribution < -0.4 is 4.74 Å². The maximum absolute atomic E-state index is 10.7. The molecule has 1 rings (SSSR count). The molecule has 1 atom stereocenters. The second kappa shape index (κ2) is 5.14. The molecule has 0 heterocycles. The van der Waals surface area contributed by atoms with E-state index in [1.54, 1.807) is 19.1 Å². The molecule has 0 radical (unpaired) electrons. The number of para-hydroxylation sites is 2. The Morgan fingerprint density at radius 2 is 2.06 bits per heavy atom. The average Bonchev–Trinajstić information content (AvgIpc) is 2.26. The molecule has 0 aliphatic heterocycles. The maximum Gasteiger partial charge on any atom is 0.310 e. The first-order chi connectivity index (χ1) is 7.84. The van der Waals surface area contributed by atoms with Crippen molar-refractivity contribution in [2.75, 3.05) is 6.61 Å². The van der Waals surface area contributed by atoms with Crippen molar-refractivity contribution in [1.29, 1.82) is 0 Å². The highest BCUT2D eigenvalue weighted by molar-refractivity contribution is 5.45. The van der Waals surface area contributed by atoms with E-state index < -0.39 is 10.5 Å². The summed E-state index contributed by atoms with van der Waals surface area (Å²) in [6, 6.07) is 6.13. The first kappa shape index (κ1) is 13.4. The van der Waals surface area contributed by atoms with Crippen molar-refractivity contribution in [3.8, 4) is 5.75 Å².